The number of aromatic amines is 1. The molecule has 1 aliphatic heterocycles. The van der Waals surface area contributed by atoms with Gasteiger partial charge in [0.15, 0.2) is 5.69 Å². The Morgan fingerprint density at radius 3 is 2.91 bits per heavy atom. The number of aromatic nitrogens is 5. The number of hydrogen-bond acceptors (Lipinski definition) is 6. The highest BCUT2D eigenvalue weighted by Gasteiger charge is 2.26. The van der Waals surface area contributed by atoms with E-state index in [-0.39, 0.29) is 18.2 Å². The lowest BCUT2D eigenvalue weighted by Crippen LogP contribution is -2.29. The third kappa shape index (κ3) is 4.05. The minimum absolute atomic E-state index is 0.00970. The molecule has 2 amide bonds. The second-order valence-corrected chi connectivity index (χ2v) is 7.74. The van der Waals surface area contributed by atoms with Crippen LogP contribution in [0.4, 0.5) is 5.69 Å². The summed E-state index contributed by atoms with van der Waals surface area (Å²) in [6, 6.07) is 13.4. The number of rotatable bonds is 4. The number of H-pyrrole nitrogens is 1. The predicted molar refractivity (Wildman–Crippen MR) is 121 cm³/mol. The van der Waals surface area contributed by atoms with Gasteiger partial charge in [-0.1, -0.05) is 35.5 Å². The van der Waals surface area contributed by atoms with E-state index in [9.17, 15) is 9.59 Å². The number of imidazole rings is 1. The molecule has 4 aromatic rings. The molecule has 1 aliphatic rings. The van der Waals surface area contributed by atoms with Crippen LogP contribution in [-0.2, 0) is 11.3 Å². The van der Waals surface area contributed by atoms with E-state index in [4.69, 9.17) is 4.74 Å². The third-order valence-electron chi connectivity index (χ3n) is 5.34. The molecule has 33 heavy (non-hydrogen) atoms. The van der Waals surface area contributed by atoms with Crippen LogP contribution in [0.15, 0.2) is 60.4 Å². The van der Waals surface area contributed by atoms with Crippen LogP contribution in [0.1, 0.15) is 21.9 Å². The van der Waals surface area contributed by atoms with Crippen LogP contribution in [0.2, 0.25) is 0 Å². The van der Waals surface area contributed by atoms with Crippen LogP contribution in [-0.4, -0.2) is 50.4 Å². The van der Waals surface area contributed by atoms with Gasteiger partial charge in [-0.2, -0.15) is 0 Å². The molecule has 0 bridgehead atoms. The molecule has 2 aromatic heterocycles. The van der Waals surface area contributed by atoms with E-state index in [2.05, 4.69) is 25.6 Å². The van der Waals surface area contributed by atoms with E-state index in [1.807, 2.05) is 43.3 Å². The first kappa shape index (κ1) is 20.4. The van der Waals surface area contributed by atoms with Gasteiger partial charge in [0.05, 0.1) is 35.0 Å². The van der Waals surface area contributed by atoms with Gasteiger partial charge in [-0.05, 0) is 18.6 Å². The minimum atomic E-state index is -0.466. The lowest BCUT2D eigenvalue weighted by atomic mass is 10.2. The fourth-order valence-corrected chi connectivity index (χ4v) is 3.65. The average Bonchev–Trinajstić information content (AvgIpc) is 3.40. The number of hydrogen-bond donors (Lipinski definition) is 2. The minimum Gasteiger partial charge on any atom is -0.486 e. The molecule has 0 saturated heterocycles. The zero-order chi connectivity index (χ0) is 22.9. The van der Waals surface area contributed by atoms with Crippen molar-refractivity contribution in [3.05, 3.63) is 77.5 Å². The van der Waals surface area contributed by atoms with Gasteiger partial charge in [0.1, 0.15) is 18.2 Å². The lowest BCUT2D eigenvalue weighted by Gasteiger charge is -2.16. The third-order valence-corrected chi connectivity index (χ3v) is 5.34. The molecule has 5 rings (SSSR count). The smallest absolute Gasteiger partial charge is 0.277 e. The van der Waals surface area contributed by atoms with Crippen molar-refractivity contribution in [3.63, 3.8) is 0 Å². The molecule has 0 radical (unpaired) electrons. The summed E-state index contributed by atoms with van der Waals surface area (Å²) >= 11 is 0. The standard InChI is InChI=1S/C23H21N7O3/c1-14-25-17-8-20-21(9-18(17)26-14)33-13-16(23(32)29(20)2)10-24-22(31)19-12-30(28-27-19)11-15-6-4-3-5-7-15/h3-10,12H,11,13H2,1-2H3,(H,24,31)(H,25,26)/b16-10+. The second-order valence-electron chi connectivity index (χ2n) is 7.74. The van der Waals surface area contributed by atoms with E-state index in [1.165, 1.54) is 11.1 Å². The molecule has 10 heteroatoms. The summed E-state index contributed by atoms with van der Waals surface area (Å²) in [5.41, 5.74) is 3.67. The normalized spacial score (nSPS) is 14.8. The highest BCUT2D eigenvalue weighted by molar-refractivity contribution is 6.08. The number of fused-ring (bicyclic) bond motifs is 2. The van der Waals surface area contributed by atoms with E-state index in [1.54, 1.807) is 24.0 Å². The number of ether oxygens (including phenoxy) is 1. The van der Waals surface area contributed by atoms with Gasteiger partial charge in [-0.3, -0.25) is 9.59 Å². The Morgan fingerprint density at radius 2 is 2.09 bits per heavy atom. The summed E-state index contributed by atoms with van der Waals surface area (Å²) in [5, 5.41) is 10.6. The summed E-state index contributed by atoms with van der Waals surface area (Å²) < 4.78 is 7.45. The Balaban J connectivity index is 1.30. The number of likely N-dealkylation sites (N-methyl/N-ethyl adjacent to an activating group) is 1. The summed E-state index contributed by atoms with van der Waals surface area (Å²) in [6.07, 6.45) is 2.92. The Hall–Kier alpha value is -4.47. The van der Waals surface area contributed by atoms with Crippen LogP contribution in [0.25, 0.3) is 11.0 Å². The first-order chi connectivity index (χ1) is 16.0. The van der Waals surface area contributed by atoms with Crippen LogP contribution in [0, 0.1) is 6.92 Å². The topological polar surface area (TPSA) is 118 Å². The average molecular weight is 443 g/mol. The molecule has 2 N–H and O–H groups in total. The number of nitrogens with zero attached hydrogens (tertiary/aromatic N) is 5. The summed E-state index contributed by atoms with van der Waals surface area (Å²) in [5.74, 6) is 0.587. The monoisotopic (exact) mass is 443 g/mol. The molecule has 0 atom stereocenters. The summed E-state index contributed by atoms with van der Waals surface area (Å²) in [4.78, 5) is 34.6. The quantitative estimate of drug-likeness (QED) is 0.467. The van der Waals surface area contributed by atoms with E-state index >= 15 is 0 Å². The van der Waals surface area contributed by atoms with Crippen LogP contribution in [0.3, 0.4) is 0 Å². The number of anilines is 1. The highest BCUT2D eigenvalue weighted by atomic mass is 16.5. The molecule has 0 spiro atoms. The Morgan fingerprint density at radius 1 is 1.27 bits per heavy atom. The number of carbonyl (C=O) groups excluding carboxylic acids is 2. The number of nitrogens with one attached hydrogen (secondary N) is 2. The van der Waals surface area contributed by atoms with Crippen molar-refractivity contribution < 1.29 is 14.3 Å². The van der Waals surface area contributed by atoms with Gasteiger partial charge >= 0.3 is 0 Å². The van der Waals surface area contributed by atoms with Crippen molar-refractivity contribution in [3.8, 4) is 5.75 Å². The number of aryl methyl sites for hydroxylation is 1. The molecule has 0 saturated carbocycles. The Bertz CT molecular complexity index is 1390. The van der Waals surface area contributed by atoms with Crippen LogP contribution < -0.4 is 15.0 Å². The second kappa shape index (κ2) is 8.23. The molecular weight excluding hydrogens is 422 g/mol. The van der Waals surface area contributed by atoms with Gasteiger partial charge in [-0.25, -0.2) is 9.67 Å². The first-order valence-electron chi connectivity index (χ1n) is 10.3. The van der Waals surface area contributed by atoms with Gasteiger partial charge in [0.2, 0.25) is 0 Å². The van der Waals surface area contributed by atoms with Gasteiger partial charge in [-0.15, -0.1) is 5.10 Å². The van der Waals surface area contributed by atoms with Crippen molar-refractivity contribution in [1.29, 1.82) is 0 Å². The Labute approximate surface area is 188 Å². The molecule has 0 fully saturated rings. The van der Waals surface area contributed by atoms with Crippen LogP contribution >= 0.6 is 0 Å². The van der Waals surface area contributed by atoms with Crippen molar-refractivity contribution in [2.75, 3.05) is 18.6 Å². The summed E-state index contributed by atoms with van der Waals surface area (Å²) in [6.45, 7) is 2.38. The molecule has 166 valence electrons. The van der Waals surface area contributed by atoms with Crippen molar-refractivity contribution in [2.24, 2.45) is 0 Å². The van der Waals surface area contributed by atoms with Gasteiger partial charge in [0.25, 0.3) is 11.8 Å². The molecule has 10 nitrogen and oxygen atoms in total. The Kier molecular flexibility index (Phi) is 5.09. The van der Waals surface area contributed by atoms with Crippen molar-refractivity contribution >= 4 is 28.5 Å². The zero-order valence-electron chi connectivity index (χ0n) is 18.1. The maximum Gasteiger partial charge on any atom is 0.277 e. The molecular formula is C23H21N7O3. The maximum atomic E-state index is 13.0. The van der Waals surface area contributed by atoms with E-state index in [0.29, 0.717) is 23.6 Å². The van der Waals surface area contributed by atoms with E-state index < -0.39 is 5.91 Å². The highest BCUT2D eigenvalue weighted by Crippen LogP contribution is 2.35. The lowest BCUT2D eigenvalue weighted by molar-refractivity contribution is -0.115. The van der Waals surface area contributed by atoms with Gasteiger partial charge < -0.3 is 19.9 Å². The van der Waals surface area contributed by atoms with Crippen molar-refractivity contribution in [1.82, 2.24) is 30.3 Å². The number of benzene rings is 2. The number of amides is 2. The van der Waals surface area contributed by atoms with Crippen molar-refractivity contribution in [2.45, 2.75) is 13.5 Å². The first-order valence-corrected chi connectivity index (χ1v) is 10.3. The molecule has 3 heterocycles. The largest absolute Gasteiger partial charge is 0.486 e. The van der Waals surface area contributed by atoms with E-state index in [0.717, 1.165) is 22.4 Å². The van der Waals surface area contributed by atoms with Crippen LogP contribution in [0.5, 0.6) is 5.75 Å². The molecule has 0 aliphatic carbocycles. The fourth-order valence-electron chi connectivity index (χ4n) is 3.65. The predicted octanol–water partition coefficient (Wildman–Crippen LogP) is 2.18. The SMILES string of the molecule is Cc1nc2cc3c(cc2[nH]1)OC/C(=C\NC(=O)c1cn(Cc2ccccc2)nn1)C(=O)N3C. The maximum absolute atomic E-state index is 13.0. The molecule has 2 aromatic carbocycles. The fraction of sp³-hybridized carbons (Fsp3) is 0.174. The number of carbonyl (C=O) groups is 2. The molecule has 0 unspecified atom stereocenters. The zero-order valence-corrected chi connectivity index (χ0v) is 18.1. The van der Waals surface area contributed by atoms with Gasteiger partial charge in [0, 0.05) is 19.3 Å². The summed E-state index contributed by atoms with van der Waals surface area (Å²) in [7, 11) is 1.66.